The Morgan fingerprint density at radius 2 is 2.31 bits per heavy atom. The van der Waals surface area contributed by atoms with Crippen molar-refractivity contribution >= 4 is 5.95 Å². The lowest BCUT2D eigenvalue weighted by atomic mass is 10.1. The molecule has 74 valence electrons. The Morgan fingerprint density at radius 3 is 2.77 bits per heavy atom. The van der Waals surface area contributed by atoms with Crippen LogP contribution in [-0.4, -0.2) is 28.8 Å². The summed E-state index contributed by atoms with van der Waals surface area (Å²) in [6, 6.07) is 0. The summed E-state index contributed by atoms with van der Waals surface area (Å²) in [6.07, 6.45) is 3.67. The van der Waals surface area contributed by atoms with Crippen LogP contribution in [0.15, 0.2) is 12.4 Å². The van der Waals surface area contributed by atoms with Crippen LogP contribution in [0.1, 0.15) is 13.8 Å². The van der Waals surface area contributed by atoms with Crippen molar-refractivity contribution in [1.29, 1.82) is 0 Å². The van der Waals surface area contributed by atoms with E-state index in [4.69, 9.17) is 4.74 Å². The molecule has 0 amide bonds. The van der Waals surface area contributed by atoms with Crippen LogP contribution in [0.3, 0.4) is 0 Å². The van der Waals surface area contributed by atoms with E-state index < -0.39 is 0 Å². The van der Waals surface area contributed by atoms with Crippen molar-refractivity contribution in [2.24, 2.45) is 7.05 Å². The molecular weight excluding hydrogens is 166 g/mol. The highest BCUT2D eigenvalue weighted by molar-refractivity contribution is 5.25. The van der Waals surface area contributed by atoms with Crippen molar-refractivity contribution in [2.75, 3.05) is 19.0 Å². The molecule has 0 aromatic carbocycles. The van der Waals surface area contributed by atoms with E-state index in [1.54, 1.807) is 13.3 Å². The topological polar surface area (TPSA) is 39.1 Å². The number of ether oxygens (including phenoxy) is 1. The first-order valence-corrected chi connectivity index (χ1v) is 4.31. The summed E-state index contributed by atoms with van der Waals surface area (Å²) < 4.78 is 7.21. The van der Waals surface area contributed by atoms with Crippen LogP contribution >= 0.6 is 0 Å². The van der Waals surface area contributed by atoms with Gasteiger partial charge in [0, 0.05) is 33.1 Å². The van der Waals surface area contributed by atoms with Crippen LogP contribution in [0.5, 0.6) is 0 Å². The maximum atomic E-state index is 5.28. The predicted octanol–water partition coefficient (Wildman–Crippen LogP) is 1.26. The van der Waals surface area contributed by atoms with E-state index in [0.29, 0.717) is 0 Å². The number of methoxy groups -OCH3 is 1. The van der Waals surface area contributed by atoms with E-state index in [1.807, 2.05) is 31.7 Å². The fourth-order valence-corrected chi connectivity index (χ4v) is 0.900. The summed E-state index contributed by atoms with van der Waals surface area (Å²) in [4.78, 5) is 4.15. The fourth-order valence-electron chi connectivity index (χ4n) is 0.900. The van der Waals surface area contributed by atoms with Gasteiger partial charge in [0.25, 0.3) is 0 Å². The van der Waals surface area contributed by atoms with Crippen LogP contribution in [0.2, 0.25) is 0 Å². The molecule has 0 aliphatic carbocycles. The van der Waals surface area contributed by atoms with Crippen molar-refractivity contribution in [1.82, 2.24) is 9.55 Å². The highest BCUT2D eigenvalue weighted by atomic mass is 16.5. The Bertz CT molecular complexity index is 268. The average Bonchev–Trinajstić information content (AvgIpc) is 2.48. The first-order valence-electron chi connectivity index (χ1n) is 4.31. The Balaban J connectivity index is 2.48. The van der Waals surface area contributed by atoms with E-state index in [0.717, 1.165) is 12.5 Å². The summed E-state index contributed by atoms with van der Waals surface area (Å²) in [7, 11) is 3.66. The zero-order valence-electron chi connectivity index (χ0n) is 8.66. The average molecular weight is 183 g/mol. The minimum atomic E-state index is -0.161. The highest BCUT2D eigenvalue weighted by Crippen LogP contribution is 2.09. The molecule has 0 bridgehead atoms. The molecule has 0 saturated carbocycles. The smallest absolute Gasteiger partial charge is 0.202 e. The van der Waals surface area contributed by atoms with Gasteiger partial charge in [0.1, 0.15) is 0 Å². The molecule has 0 aliphatic rings. The van der Waals surface area contributed by atoms with Crippen molar-refractivity contribution in [2.45, 2.75) is 19.4 Å². The van der Waals surface area contributed by atoms with Gasteiger partial charge in [-0.2, -0.15) is 0 Å². The molecule has 0 atom stereocenters. The van der Waals surface area contributed by atoms with E-state index in [1.165, 1.54) is 0 Å². The molecule has 1 heterocycles. The lowest BCUT2D eigenvalue weighted by Crippen LogP contribution is -2.32. The van der Waals surface area contributed by atoms with Gasteiger partial charge in [-0.15, -0.1) is 0 Å². The molecule has 0 saturated heterocycles. The fraction of sp³-hybridized carbons (Fsp3) is 0.667. The van der Waals surface area contributed by atoms with Gasteiger partial charge in [0.15, 0.2) is 0 Å². The van der Waals surface area contributed by atoms with E-state index >= 15 is 0 Å². The van der Waals surface area contributed by atoms with Crippen molar-refractivity contribution < 1.29 is 4.74 Å². The second-order valence-corrected chi connectivity index (χ2v) is 3.68. The Labute approximate surface area is 78.9 Å². The van der Waals surface area contributed by atoms with Gasteiger partial charge in [0.05, 0.1) is 5.60 Å². The van der Waals surface area contributed by atoms with Crippen molar-refractivity contribution in [3.05, 3.63) is 12.4 Å². The largest absolute Gasteiger partial charge is 0.377 e. The molecule has 1 aromatic rings. The maximum absolute atomic E-state index is 5.28. The van der Waals surface area contributed by atoms with Gasteiger partial charge in [-0.1, -0.05) is 0 Å². The molecule has 1 rings (SSSR count). The molecule has 0 radical (unpaired) electrons. The summed E-state index contributed by atoms with van der Waals surface area (Å²) in [5, 5.41) is 3.21. The molecule has 0 fully saturated rings. The van der Waals surface area contributed by atoms with Crippen molar-refractivity contribution in [3.63, 3.8) is 0 Å². The lowest BCUT2D eigenvalue weighted by molar-refractivity contribution is 0.0342. The molecule has 4 nitrogen and oxygen atoms in total. The summed E-state index contributed by atoms with van der Waals surface area (Å²) in [6.45, 7) is 4.81. The minimum absolute atomic E-state index is 0.161. The van der Waals surface area contributed by atoms with Crippen LogP contribution in [-0.2, 0) is 11.8 Å². The maximum Gasteiger partial charge on any atom is 0.202 e. The van der Waals surface area contributed by atoms with Crippen LogP contribution in [0.25, 0.3) is 0 Å². The second kappa shape index (κ2) is 3.79. The van der Waals surface area contributed by atoms with Gasteiger partial charge < -0.3 is 14.6 Å². The second-order valence-electron chi connectivity index (χ2n) is 3.68. The summed E-state index contributed by atoms with van der Waals surface area (Å²) in [5.41, 5.74) is -0.161. The normalized spacial score (nSPS) is 11.7. The van der Waals surface area contributed by atoms with Gasteiger partial charge in [-0.3, -0.25) is 0 Å². The van der Waals surface area contributed by atoms with Gasteiger partial charge in [-0.25, -0.2) is 4.98 Å². The molecule has 13 heavy (non-hydrogen) atoms. The Morgan fingerprint density at radius 1 is 1.62 bits per heavy atom. The van der Waals surface area contributed by atoms with Crippen molar-refractivity contribution in [3.8, 4) is 0 Å². The third-order valence-corrected chi connectivity index (χ3v) is 2.05. The monoisotopic (exact) mass is 183 g/mol. The van der Waals surface area contributed by atoms with Gasteiger partial charge in [-0.05, 0) is 13.8 Å². The van der Waals surface area contributed by atoms with E-state index in [-0.39, 0.29) is 5.60 Å². The van der Waals surface area contributed by atoms with Gasteiger partial charge in [0.2, 0.25) is 5.95 Å². The Hall–Kier alpha value is -1.03. The lowest BCUT2D eigenvalue weighted by Gasteiger charge is -2.23. The number of aryl methyl sites for hydroxylation is 1. The first kappa shape index (κ1) is 10.1. The van der Waals surface area contributed by atoms with Crippen LogP contribution in [0, 0.1) is 0 Å². The predicted molar refractivity (Wildman–Crippen MR) is 52.8 cm³/mol. The van der Waals surface area contributed by atoms with E-state index in [9.17, 15) is 0 Å². The highest BCUT2D eigenvalue weighted by Gasteiger charge is 2.16. The molecule has 4 heteroatoms. The quantitative estimate of drug-likeness (QED) is 0.763. The number of hydrogen-bond acceptors (Lipinski definition) is 3. The number of rotatable bonds is 4. The Kier molecular flexibility index (Phi) is 2.93. The zero-order chi connectivity index (χ0) is 9.90. The number of anilines is 1. The number of nitrogens with one attached hydrogen (secondary N) is 1. The number of hydrogen-bond donors (Lipinski definition) is 1. The third-order valence-electron chi connectivity index (χ3n) is 2.05. The number of aromatic nitrogens is 2. The van der Waals surface area contributed by atoms with Gasteiger partial charge >= 0.3 is 0 Å². The molecule has 0 unspecified atom stereocenters. The minimum Gasteiger partial charge on any atom is -0.377 e. The molecule has 1 N–H and O–H groups in total. The first-order chi connectivity index (χ1) is 6.05. The summed E-state index contributed by atoms with van der Waals surface area (Å²) in [5.74, 6) is 0.866. The number of imidazole rings is 1. The number of nitrogens with zero attached hydrogens (tertiary/aromatic N) is 2. The third kappa shape index (κ3) is 2.73. The molecule has 1 aromatic heterocycles. The summed E-state index contributed by atoms with van der Waals surface area (Å²) >= 11 is 0. The standard InChI is InChI=1S/C9H17N3O/c1-9(2,13-4)7-11-8-10-5-6-12(8)3/h5-6H,7H2,1-4H3,(H,10,11). The molecule has 0 spiro atoms. The molecule has 0 aliphatic heterocycles. The van der Waals surface area contributed by atoms with E-state index in [2.05, 4.69) is 10.3 Å². The van der Waals surface area contributed by atoms with Crippen LogP contribution < -0.4 is 5.32 Å². The SMILES string of the molecule is COC(C)(C)CNc1nccn1C. The molecular formula is C9H17N3O. The van der Waals surface area contributed by atoms with Crippen LogP contribution in [0.4, 0.5) is 5.95 Å². The zero-order valence-corrected chi connectivity index (χ0v) is 8.66.